The number of anilines is 1. The minimum Gasteiger partial charge on any atom is -0.422 e. The second kappa shape index (κ2) is 4.68. The molecule has 1 aromatic carbocycles. The molecular formula is C12H9F3N2O2. The van der Waals surface area contributed by atoms with Gasteiger partial charge in [0.05, 0.1) is 5.56 Å². The topological polar surface area (TPSA) is 68.1 Å². The van der Waals surface area contributed by atoms with Gasteiger partial charge in [0.1, 0.15) is 17.1 Å². The van der Waals surface area contributed by atoms with Crippen molar-refractivity contribution in [1.29, 1.82) is 0 Å². The van der Waals surface area contributed by atoms with Gasteiger partial charge in [0.25, 0.3) is 0 Å². The Morgan fingerprint density at radius 1 is 1.21 bits per heavy atom. The quantitative estimate of drug-likeness (QED) is 0.651. The first-order chi connectivity index (χ1) is 8.89. The number of rotatable bonds is 2. The van der Waals surface area contributed by atoms with E-state index < -0.39 is 23.5 Å². The van der Waals surface area contributed by atoms with Crippen molar-refractivity contribution in [2.75, 3.05) is 5.73 Å². The van der Waals surface area contributed by atoms with Crippen LogP contribution in [0.15, 0.2) is 36.5 Å². The molecule has 2 aromatic rings. The van der Waals surface area contributed by atoms with Crippen LogP contribution in [0.3, 0.4) is 0 Å². The lowest BCUT2D eigenvalue weighted by Crippen LogP contribution is -2.14. The number of aromatic amines is 1. The van der Waals surface area contributed by atoms with E-state index in [0.29, 0.717) is 0 Å². The Hall–Kier alpha value is -2.44. The van der Waals surface area contributed by atoms with Crippen molar-refractivity contribution in [3.8, 4) is 5.75 Å². The third-order valence-corrected chi connectivity index (χ3v) is 2.39. The second-order valence-electron chi connectivity index (χ2n) is 3.69. The molecule has 0 fully saturated rings. The molecule has 100 valence electrons. The summed E-state index contributed by atoms with van der Waals surface area (Å²) in [5, 5.41) is 0. The van der Waals surface area contributed by atoms with Gasteiger partial charge in [0.15, 0.2) is 0 Å². The third kappa shape index (κ3) is 2.70. The first-order valence-corrected chi connectivity index (χ1v) is 5.21. The molecule has 0 spiro atoms. The summed E-state index contributed by atoms with van der Waals surface area (Å²) in [5.74, 6) is -1.47. The molecule has 0 radical (unpaired) electrons. The van der Waals surface area contributed by atoms with Crippen LogP contribution in [0.4, 0.5) is 19.0 Å². The maximum Gasteiger partial charge on any atom is 0.419 e. The minimum atomic E-state index is -4.60. The van der Waals surface area contributed by atoms with Gasteiger partial charge in [-0.05, 0) is 18.2 Å². The summed E-state index contributed by atoms with van der Waals surface area (Å²) in [6.45, 7) is 0. The van der Waals surface area contributed by atoms with Crippen LogP contribution >= 0.6 is 0 Å². The van der Waals surface area contributed by atoms with Crippen LogP contribution in [0.1, 0.15) is 15.9 Å². The van der Waals surface area contributed by atoms with Crippen molar-refractivity contribution in [3.05, 3.63) is 47.7 Å². The van der Waals surface area contributed by atoms with Crippen LogP contribution < -0.4 is 10.5 Å². The number of aromatic nitrogens is 1. The number of nitrogens with one attached hydrogen (secondary N) is 1. The molecule has 1 heterocycles. The fourth-order valence-corrected chi connectivity index (χ4v) is 1.50. The van der Waals surface area contributed by atoms with E-state index >= 15 is 0 Å². The van der Waals surface area contributed by atoms with Gasteiger partial charge in [-0.15, -0.1) is 0 Å². The molecule has 2 rings (SSSR count). The predicted molar refractivity (Wildman–Crippen MR) is 61.6 cm³/mol. The number of halogens is 3. The van der Waals surface area contributed by atoms with Crippen LogP contribution in [-0.4, -0.2) is 11.0 Å². The molecule has 7 heteroatoms. The molecule has 0 atom stereocenters. The Morgan fingerprint density at radius 2 is 1.89 bits per heavy atom. The van der Waals surface area contributed by atoms with E-state index in [-0.39, 0.29) is 11.4 Å². The van der Waals surface area contributed by atoms with E-state index in [9.17, 15) is 18.0 Å². The van der Waals surface area contributed by atoms with Crippen molar-refractivity contribution >= 4 is 11.8 Å². The molecule has 0 aliphatic heterocycles. The molecule has 0 aliphatic rings. The van der Waals surface area contributed by atoms with E-state index in [1.165, 1.54) is 24.4 Å². The molecule has 3 N–H and O–H groups in total. The Morgan fingerprint density at radius 3 is 2.47 bits per heavy atom. The van der Waals surface area contributed by atoms with Crippen LogP contribution in [-0.2, 0) is 6.18 Å². The second-order valence-corrected chi connectivity index (χ2v) is 3.69. The summed E-state index contributed by atoms with van der Waals surface area (Å²) in [6, 6.07) is 5.80. The van der Waals surface area contributed by atoms with Crippen molar-refractivity contribution in [2.45, 2.75) is 6.18 Å². The fraction of sp³-hybridized carbons (Fsp3) is 0.0833. The van der Waals surface area contributed by atoms with Crippen molar-refractivity contribution in [2.24, 2.45) is 0 Å². The molecule has 4 nitrogen and oxygen atoms in total. The SMILES string of the molecule is Nc1[nH]ccc1C(=O)Oc1ccccc1C(F)(F)F. The van der Waals surface area contributed by atoms with Gasteiger partial charge in [-0.2, -0.15) is 13.2 Å². The Balaban J connectivity index is 2.30. The van der Waals surface area contributed by atoms with Gasteiger partial charge in [-0.3, -0.25) is 0 Å². The summed E-state index contributed by atoms with van der Waals surface area (Å²) >= 11 is 0. The Kier molecular flexibility index (Phi) is 3.20. The highest BCUT2D eigenvalue weighted by molar-refractivity contribution is 5.95. The number of carbonyl (C=O) groups is 1. The highest BCUT2D eigenvalue weighted by Gasteiger charge is 2.34. The largest absolute Gasteiger partial charge is 0.422 e. The van der Waals surface area contributed by atoms with Gasteiger partial charge in [-0.1, -0.05) is 12.1 Å². The monoisotopic (exact) mass is 270 g/mol. The number of para-hydroxylation sites is 1. The Labute approximate surface area is 106 Å². The van der Waals surface area contributed by atoms with Gasteiger partial charge in [0, 0.05) is 6.20 Å². The lowest BCUT2D eigenvalue weighted by molar-refractivity contribution is -0.138. The molecule has 1 aromatic heterocycles. The zero-order valence-corrected chi connectivity index (χ0v) is 9.49. The van der Waals surface area contributed by atoms with E-state index in [4.69, 9.17) is 10.5 Å². The number of hydrogen-bond donors (Lipinski definition) is 2. The zero-order valence-electron chi connectivity index (χ0n) is 9.49. The fourth-order valence-electron chi connectivity index (χ4n) is 1.50. The highest BCUT2D eigenvalue weighted by Crippen LogP contribution is 2.36. The van der Waals surface area contributed by atoms with E-state index in [0.717, 1.165) is 12.1 Å². The number of ether oxygens (including phenoxy) is 1. The maximum atomic E-state index is 12.7. The maximum absolute atomic E-state index is 12.7. The number of carbonyl (C=O) groups excluding carboxylic acids is 1. The molecule has 19 heavy (non-hydrogen) atoms. The summed E-state index contributed by atoms with van der Waals surface area (Å²) in [4.78, 5) is 14.2. The minimum absolute atomic E-state index is 0.0167. The molecule has 0 amide bonds. The van der Waals surface area contributed by atoms with Gasteiger partial charge in [0.2, 0.25) is 0 Å². The molecular weight excluding hydrogens is 261 g/mol. The summed E-state index contributed by atoms with van der Waals surface area (Å²) in [5.41, 5.74) is 4.41. The van der Waals surface area contributed by atoms with Crippen molar-refractivity contribution in [3.63, 3.8) is 0 Å². The van der Waals surface area contributed by atoms with Crippen LogP contribution in [0.5, 0.6) is 5.75 Å². The third-order valence-electron chi connectivity index (χ3n) is 2.39. The molecule has 0 unspecified atom stereocenters. The Bertz CT molecular complexity index is 605. The molecule has 0 saturated heterocycles. The van der Waals surface area contributed by atoms with Gasteiger partial charge in [-0.25, -0.2) is 4.79 Å². The zero-order chi connectivity index (χ0) is 14.0. The normalized spacial score (nSPS) is 11.3. The summed E-state index contributed by atoms with van der Waals surface area (Å²) in [6.07, 6.45) is -3.21. The van der Waals surface area contributed by atoms with E-state index in [2.05, 4.69) is 4.98 Å². The number of alkyl halides is 3. The van der Waals surface area contributed by atoms with Crippen LogP contribution in [0.25, 0.3) is 0 Å². The number of benzene rings is 1. The average Bonchev–Trinajstić information content (AvgIpc) is 2.75. The number of esters is 1. The predicted octanol–water partition coefficient (Wildman–Crippen LogP) is 2.83. The van der Waals surface area contributed by atoms with Gasteiger partial charge >= 0.3 is 12.1 Å². The highest BCUT2D eigenvalue weighted by atomic mass is 19.4. The van der Waals surface area contributed by atoms with E-state index in [1.807, 2.05) is 0 Å². The van der Waals surface area contributed by atoms with Crippen molar-refractivity contribution in [1.82, 2.24) is 4.98 Å². The summed E-state index contributed by atoms with van der Waals surface area (Å²) in [7, 11) is 0. The number of H-pyrrole nitrogens is 1. The smallest absolute Gasteiger partial charge is 0.419 e. The van der Waals surface area contributed by atoms with Crippen molar-refractivity contribution < 1.29 is 22.7 Å². The number of nitrogens with two attached hydrogens (primary N) is 1. The molecule has 0 aliphatic carbocycles. The lowest BCUT2D eigenvalue weighted by atomic mass is 10.2. The number of hydrogen-bond acceptors (Lipinski definition) is 3. The molecule has 0 bridgehead atoms. The number of nitrogen functional groups attached to an aromatic ring is 1. The van der Waals surface area contributed by atoms with E-state index in [1.54, 1.807) is 0 Å². The van der Waals surface area contributed by atoms with Crippen LogP contribution in [0.2, 0.25) is 0 Å². The molecule has 0 saturated carbocycles. The average molecular weight is 270 g/mol. The standard InChI is InChI=1S/C12H9F3N2O2/c13-12(14,15)8-3-1-2-4-9(8)19-11(18)7-5-6-17-10(7)16/h1-6,17H,16H2. The van der Waals surface area contributed by atoms with Crippen LogP contribution in [0, 0.1) is 0 Å². The first kappa shape index (κ1) is 13.0. The van der Waals surface area contributed by atoms with Gasteiger partial charge < -0.3 is 15.5 Å². The lowest BCUT2D eigenvalue weighted by Gasteiger charge is -2.12. The first-order valence-electron chi connectivity index (χ1n) is 5.21. The summed E-state index contributed by atoms with van der Waals surface area (Å²) < 4.78 is 42.8.